The minimum atomic E-state index is -0.454. The number of hydrogen-bond acceptors (Lipinski definition) is 6. The molecular formula is C29H30N6O. The first-order valence-electron chi connectivity index (χ1n) is 12.2. The van der Waals surface area contributed by atoms with Crippen molar-refractivity contribution in [1.82, 2.24) is 4.98 Å². The first kappa shape index (κ1) is 23.2. The number of aromatic nitrogens is 1. The van der Waals surface area contributed by atoms with Crippen LogP contribution in [0, 0.1) is 0 Å². The van der Waals surface area contributed by atoms with Gasteiger partial charge < -0.3 is 26.2 Å². The quantitative estimate of drug-likeness (QED) is 0.335. The monoisotopic (exact) mass is 478 g/mol. The summed E-state index contributed by atoms with van der Waals surface area (Å²) in [4.78, 5) is 21.1. The summed E-state index contributed by atoms with van der Waals surface area (Å²) in [5.41, 5.74) is 11.0. The number of primary amides is 1. The van der Waals surface area contributed by atoms with Gasteiger partial charge in [-0.25, -0.2) is 4.98 Å². The van der Waals surface area contributed by atoms with Gasteiger partial charge in [0.2, 0.25) is 0 Å². The summed E-state index contributed by atoms with van der Waals surface area (Å²) in [6.07, 6.45) is 1.84. The van der Waals surface area contributed by atoms with Crippen molar-refractivity contribution in [2.75, 3.05) is 46.6 Å². The number of carbonyl (C=O) groups excluding carboxylic acids is 1. The highest BCUT2D eigenvalue weighted by atomic mass is 16.1. The van der Waals surface area contributed by atoms with Crippen LogP contribution in [0.25, 0.3) is 0 Å². The predicted molar refractivity (Wildman–Crippen MR) is 147 cm³/mol. The van der Waals surface area contributed by atoms with Crippen LogP contribution in [0.4, 0.5) is 28.6 Å². The fourth-order valence-electron chi connectivity index (χ4n) is 4.43. The molecule has 1 aromatic heterocycles. The number of anilines is 5. The molecule has 5 rings (SSSR count). The molecule has 0 unspecified atom stereocenters. The lowest BCUT2D eigenvalue weighted by Crippen LogP contribution is -2.46. The van der Waals surface area contributed by atoms with Gasteiger partial charge in [-0.3, -0.25) is 4.79 Å². The molecule has 1 amide bonds. The van der Waals surface area contributed by atoms with Crippen LogP contribution in [0.2, 0.25) is 0 Å². The zero-order valence-electron chi connectivity index (χ0n) is 20.1. The van der Waals surface area contributed by atoms with Crippen molar-refractivity contribution in [2.45, 2.75) is 6.54 Å². The first-order valence-corrected chi connectivity index (χ1v) is 12.2. The molecule has 36 heavy (non-hydrogen) atoms. The smallest absolute Gasteiger partial charge is 0.250 e. The zero-order chi connectivity index (χ0) is 24.7. The van der Waals surface area contributed by atoms with Crippen molar-refractivity contribution < 1.29 is 4.79 Å². The molecule has 0 saturated carbocycles. The van der Waals surface area contributed by atoms with E-state index in [1.807, 2.05) is 60.8 Å². The van der Waals surface area contributed by atoms with E-state index in [2.05, 4.69) is 55.7 Å². The molecule has 0 aliphatic carbocycles. The summed E-state index contributed by atoms with van der Waals surface area (Å²) in [6, 6.07) is 30.1. The molecule has 0 bridgehead atoms. The second kappa shape index (κ2) is 10.8. The Kier molecular flexibility index (Phi) is 6.98. The normalized spacial score (nSPS) is 13.3. The summed E-state index contributed by atoms with van der Waals surface area (Å²) in [5.74, 6) is 0.585. The highest BCUT2D eigenvalue weighted by molar-refractivity contribution is 5.99. The Balaban J connectivity index is 1.22. The van der Waals surface area contributed by atoms with Crippen molar-refractivity contribution in [1.29, 1.82) is 0 Å². The predicted octanol–water partition coefficient (Wildman–Crippen LogP) is 4.86. The van der Waals surface area contributed by atoms with Gasteiger partial charge in [-0.2, -0.15) is 0 Å². The SMILES string of the molecule is NC(=O)c1ccc(Nc2ccc(N3CCN(c4ccccn4)CC3)cc2)cc1NCc1ccccc1. The minimum Gasteiger partial charge on any atom is -0.380 e. The van der Waals surface area contributed by atoms with Gasteiger partial charge in [-0.1, -0.05) is 36.4 Å². The van der Waals surface area contributed by atoms with Crippen LogP contribution in [0.5, 0.6) is 0 Å². The van der Waals surface area contributed by atoms with E-state index >= 15 is 0 Å². The molecule has 0 spiro atoms. The number of nitrogens with zero attached hydrogens (tertiary/aromatic N) is 3. The third-order valence-electron chi connectivity index (χ3n) is 6.38. The number of nitrogens with two attached hydrogens (primary N) is 1. The number of piperazine rings is 1. The average Bonchev–Trinajstić information content (AvgIpc) is 2.93. The first-order chi connectivity index (χ1) is 17.7. The van der Waals surface area contributed by atoms with Crippen molar-refractivity contribution in [3.05, 3.63) is 108 Å². The Morgan fingerprint density at radius 3 is 2.19 bits per heavy atom. The number of pyridine rings is 1. The van der Waals surface area contributed by atoms with E-state index in [0.29, 0.717) is 17.8 Å². The number of hydrogen-bond donors (Lipinski definition) is 3. The number of rotatable bonds is 8. The Morgan fingerprint density at radius 2 is 1.50 bits per heavy atom. The van der Waals surface area contributed by atoms with Crippen molar-refractivity contribution in [3.63, 3.8) is 0 Å². The van der Waals surface area contributed by atoms with E-state index in [4.69, 9.17) is 5.73 Å². The van der Waals surface area contributed by atoms with E-state index in [1.54, 1.807) is 6.07 Å². The van der Waals surface area contributed by atoms with Gasteiger partial charge >= 0.3 is 0 Å². The van der Waals surface area contributed by atoms with Gasteiger partial charge in [-0.05, 0) is 60.2 Å². The Hall–Kier alpha value is -4.52. The van der Waals surface area contributed by atoms with E-state index in [9.17, 15) is 4.79 Å². The van der Waals surface area contributed by atoms with Crippen LogP contribution in [-0.4, -0.2) is 37.1 Å². The van der Waals surface area contributed by atoms with Crippen LogP contribution in [0.15, 0.2) is 97.2 Å². The second-order valence-electron chi connectivity index (χ2n) is 8.80. The summed E-state index contributed by atoms with van der Waals surface area (Å²) >= 11 is 0. The summed E-state index contributed by atoms with van der Waals surface area (Å²) < 4.78 is 0. The minimum absolute atomic E-state index is 0.454. The topological polar surface area (TPSA) is 86.5 Å². The lowest BCUT2D eigenvalue weighted by Gasteiger charge is -2.36. The largest absolute Gasteiger partial charge is 0.380 e. The number of benzene rings is 3. The fraction of sp³-hybridized carbons (Fsp3) is 0.172. The molecule has 4 aromatic rings. The van der Waals surface area contributed by atoms with E-state index in [0.717, 1.165) is 48.9 Å². The molecule has 7 heteroatoms. The maximum absolute atomic E-state index is 11.9. The van der Waals surface area contributed by atoms with Gasteiger partial charge in [-0.15, -0.1) is 0 Å². The number of nitrogens with one attached hydrogen (secondary N) is 2. The summed E-state index contributed by atoms with van der Waals surface area (Å²) in [6.45, 7) is 4.40. The van der Waals surface area contributed by atoms with Gasteiger partial charge in [0.15, 0.2) is 0 Å². The van der Waals surface area contributed by atoms with Crippen molar-refractivity contribution >= 4 is 34.5 Å². The maximum Gasteiger partial charge on any atom is 0.250 e. The average molecular weight is 479 g/mol. The van der Waals surface area contributed by atoms with Crippen LogP contribution in [-0.2, 0) is 6.54 Å². The number of carbonyl (C=O) groups is 1. The van der Waals surface area contributed by atoms with Gasteiger partial charge in [0, 0.05) is 61.7 Å². The van der Waals surface area contributed by atoms with Gasteiger partial charge in [0.05, 0.1) is 5.56 Å². The molecule has 0 radical (unpaired) electrons. The van der Waals surface area contributed by atoms with E-state index in [-0.39, 0.29) is 0 Å². The summed E-state index contributed by atoms with van der Waals surface area (Å²) in [7, 11) is 0. The maximum atomic E-state index is 11.9. The molecule has 1 aliphatic rings. The third-order valence-corrected chi connectivity index (χ3v) is 6.38. The molecule has 4 N–H and O–H groups in total. The Labute approximate surface area is 211 Å². The van der Waals surface area contributed by atoms with Crippen LogP contribution >= 0.6 is 0 Å². The second-order valence-corrected chi connectivity index (χ2v) is 8.80. The van der Waals surface area contributed by atoms with Crippen LogP contribution in [0.3, 0.4) is 0 Å². The number of amides is 1. The Bertz CT molecular complexity index is 1290. The molecule has 7 nitrogen and oxygen atoms in total. The van der Waals surface area contributed by atoms with Crippen molar-refractivity contribution in [2.24, 2.45) is 5.73 Å². The van der Waals surface area contributed by atoms with E-state index in [1.165, 1.54) is 5.69 Å². The molecule has 1 aliphatic heterocycles. The Morgan fingerprint density at radius 1 is 0.806 bits per heavy atom. The van der Waals surface area contributed by atoms with Crippen LogP contribution in [0.1, 0.15) is 15.9 Å². The molecule has 1 saturated heterocycles. The lowest BCUT2D eigenvalue weighted by molar-refractivity contribution is 0.100. The highest BCUT2D eigenvalue weighted by Gasteiger charge is 2.18. The molecule has 3 aromatic carbocycles. The molecule has 1 fully saturated rings. The molecule has 0 atom stereocenters. The fourth-order valence-corrected chi connectivity index (χ4v) is 4.43. The highest BCUT2D eigenvalue weighted by Crippen LogP contribution is 2.26. The molecular weight excluding hydrogens is 448 g/mol. The molecule has 2 heterocycles. The molecule has 182 valence electrons. The summed E-state index contributed by atoms with van der Waals surface area (Å²) in [5, 5.41) is 6.79. The van der Waals surface area contributed by atoms with Crippen LogP contribution < -0.4 is 26.2 Å². The third kappa shape index (κ3) is 5.58. The van der Waals surface area contributed by atoms with Gasteiger partial charge in [0.25, 0.3) is 5.91 Å². The standard InChI is InChI=1S/C29H30N6O/c30-29(36)26-14-11-24(20-27(26)32-21-22-6-2-1-3-7-22)33-23-9-12-25(13-10-23)34-16-18-35(19-17-34)28-8-4-5-15-31-28/h1-15,20,32-33H,16-19,21H2,(H2,30,36). The van der Waals surface area contributed by atoms with Gasteiger partial charge in [0.1, 0.15) is 5.82 Å². The zero-order valence-corrected chi connectivity index (χ0v) is 20.1. The van der Waals surface area contributed by atoms with Crippen molar-refractivity contribution in [3.8, 4) is 0 Å². The van der Waals surface area contributed by atoms with E-state index < -0.39 is 5.91 Å². The lowest BCUT2D eigenvalue weighted by atomic mass is 10.1.